The van der Waals surface area contributed by atoms with Gasteiger partial charge in [-0.05, 0) is 36.0 Å². The summed E-state index contributed by atoms with van der Waals surface area (Å²) in [6.45, 7) is -0.720. The van der Waals surface area contributed by atoms with Gasteiger partial charge < -0.3 is 30.3 Å². The maximum atomic E-state index is 10.4. The zero-order chi connectivity index (χ0) is 19.6. The smallest absolute Gasteiger partial charge is 0.187 e. The van der Waals surface area contributed by atoms with Crippen molar-refractivity contribution in [2.24, 2.45) is 4.99 Å². The second kappa shape index (κ2) is 8.69. The van der Waals surface area contributed by atoms with Crippen LogP contribution in [0.15, 0.2) is 39.7 Å². The Morgan fingerprint density at radius 3 is 2.52 bits per heavy atom. The Balaban J connectivity index is 1.67. The van der Waals surface area contributed by atoms with Crippen LogP contribution in [0.3, 0.4) is 0 Å². The molecule has 2 heterocycles. The molecule has 1 aromatic carbocycles. The number of fused-ring (bicyclic) bond motifs is 1. The number of aliphatic hydroxyl groups excluding tert-OH is 5. The van der Waals surface area contributed by atoms with Gasteiger partial charge in [-0.25, -0.2) is 4.99 Å². The molecule has 0 bridgehead atoms. The molecule has 27 heavy (non-hydrogen) atoms. The number of aliphatic imine (C=N–C) groups is 1. The first-order valence-electron chi connectivity index (χ1n) is 8.10. The van der Waals surface area contributed by atoms with Crippen LogP contribution in [0.2, 0.25) is 0 Å². The molecule has 3 rings (SSSR count). The zero-order valence-electron chi connectivity index (χ0n) is 14.3. The van der Waals surface area contributed by atoms with Crippen molar-refractivity contribution >= 4 is 34.4 Å². The van der Waals surface area contributed by atoms with E-state index < -0.39 is 36.4 Å². The number of nitrogens with zero attached hydrogens (tertiary/aromatic N) is 2. The van der Waals surface area contributed by atoms with E-state index in [0.717, 1.165) is 16.5 Å². The topological polar surface area (TPSA) is 138 Å². The highest BCUT2D eigenvalue weighted by molar-refractivity contribution is 8.18. The maximum Gasteiger partial charge on any atom is 0.187 e. The second-order valence-electron chi connectivity index (χ2n) is 5.90. The van der Waals surface area contributed by atoms with Crippen LogP contribution in [0.5, 0.6) is 5.75 Å². The minimum absolute atomic E-state index is 0.592. The summed E-state index contributed by atoms with van der Waals surface area (Å²) in [5, 5.41) is 52.9. The predicted molar refractivity (Wildman–Crippen MR) is 103 cm³/mol. The van der Waals surface area contributed by atoms with Crippen molar-refractivity contribution in [3.05, 3.63) is 34.7 Å². The average Bonchev–Trinajstić information content (AvgIpc) is 3.26. The SMILES string of the molecule is COc1ccc(N=C2NN3C(=CSC3[C@H](O)[C@@H](O)[C@H](O)[C@H](O)CO)S2)cc1. The van der Waals surface area contributed by atoms with Gasteiger partial charge in [0.25, 0.3) is 0 Å². The highest BCUT2D eigenvalue weighted by Gasteiger charge is 2.43. The highest BCUT2D eigenvalue weighted by atomic mass is 32.2. The van der Waals surface area contributed by atoms with Crippen molar-refractivity contribution < 1.29 is 30.3 Å². The van der Waals surface area contributed by atoms with E-state index in [1.807, 2.05) is 17.5 Å². The number of hydrazine groups is 1. The van der Waals surface area contributed by atoms with Gasteiger partial charge in [0.05, 0.1) is 19.4 Å². The lowest BCUT2D eigenvalue weighted by molar-refractivity contribution is -0.121. The molecular formula is C16H21N3O6S2. The lowest BCUT2D eigenvalue weighted by Crippen LogP contribution is -2.54. The van der Waals surface area contributed by atoms with E-state index >= 15 is 0 Å². The fourth-order valence-electron chi connectivity index (χ4n) is 2.55. The lowest BCUT2D eigenvalue weighted by atomic mass is 10.0. The maximum absolute atomic E-state index is 10.4. The highest BCUT2D eigenvalue weighted by Crippen LogP contribution is 2.42. The van der Waals surface area contributed by atoms with Gasteiger partial charge in [0, 0.05) is 5.41 Å². The number of thioether (sulfide) groups is 2. The van der Waals surface area contributed by atoms with E-state index in [1.165, 1.54) is 23.5 Å². The summed E-state index contributed by atoms with van der Waals surface area (Å²) in [6.07, 6.45) is -6.22. The monoisotopic (exact) mass is 415 g/mol. The van der Waals surface area contributed by atoms with Gasteiger partial charge in [0.2, 0.25) is 0 Å². The summed E-state index contributed by atoms with van der Waals surface area (Å²) >= 11 is 2.63. The Hall–Kier alpha value is -1.47. The van der Waals surface area contributed by atoms with Crippen LogP contribution in [0.4, 0.5) is 5.69 Å². The largest absolute Gasteiger partial charge is 0.497 e. The minimum atomic E-state index is -1.67. The first-order chi connectivity index (χ1) is 12.9. The van der Waals surface area contributed by atoms with Gasteiger partial charge in [-0.3, -0.25) is 10.4 Å². The molecule has 2 aliphatic heterocycles. The van der Waals surface area contributed by atoms with Gasteiger partial charge in [-0.2, -0.15) is 0 Å². The van der Waals surface area contributed by atoms with E-state index in [1.54, 1.807) is 24.3 Å². The van der Waals surface area contributed by atoms with Crippen molar-refractivity contribution in [2.45, 2.75) is 29.8 Å². The van der Waals surface area contributed by atoms with Crippen LogP contribution in [0.1, 0.15) is 0 Å². The van der Waals surface area contributed by atoms with Crippen molar-refractivity contribution in [1.82, 2.24) is 10.4 Å². The van der Waals surface area contributed by atoms with Gasteiger partial charge >= 0.3 is 0 Å². The van der Waals surface area contributed by atoms with E-state index in [-0.39, 0.29) is 0 Å². The van der Waals surface area contributed by atoms with Crippen LogP contribution in [-0.4, -0.2) is 79.2 Å². The molecule has 0 spiro atoms. The first kappa shape index (κ1) is 20.3. The molecule has 6 N–H and O–H groups in total. The Morgan fingerprint density at radius 2 is 1.89 bits per heavy atom. The van der Waals surface area contributed by atoms with Crippen molar-refractivity contribution in [2.75, 3.05) is 13.7 Å². The normalized spacial score (nSPS) is 24.8. The van der Waals surface area contributed by atoms with E-state index in [0.29, 0.717) is 5.17 Å². The lowest BCUT2D eigenvalue weighted by Gasteiger charge is -2.32. The van der Waals surface area contributed by atoms with Crippen LogP contribution in [0.25, 0.3) is 0 Å². The molecule has 1 aromatic rings. The predicted octanol–water partition coefficient (Wildman–Crippen LogP) is -0.456. The van der Waals surface area contributed by atoms with Gasteiger partial charge in [0.15, 0.2) is 5.17 Å². The van der Waals surface area contributed by atoms with Crippen LogP contribution in [-0.2, 0) is 0 Å². The number of benzene rings is 1. The number of ether oxygens (including phenoxy) is 1. The number of methoxy groups -OCH3 is 1. The summed E-state index contributed by atoms with van der Waals surface area (Å²) < 4.78 is 5.11. The van der Waals surface area contributed by atoms with Crippen molar-refractivity contribution in [3.63, 3.8) is 0 Å². The van der Waals surface area contributed by atoms with Gasteiger partial charge in [0.1, 0.15) is 40.6 Å². The number of aliphatic hydroxyl groups is 5. The molecule has 0 saturated carbocycles. The van der Waals surface area contributed by atoms with E-state index in [4.69, 9.17) is 9.84 Å². The minimum Gasteiger partial charge on any atom is -0.497 e. The molecule has 0 radical (unpaired) electrons. The third-order valence-corrected chi connectivity index (χ3v) is 6.27. The molecule has 0 aliphatic carbocycles. The standard InChI is InChI=1S/C16H21N3O6S2/c1-25-9-4-2-8(3-5-9)17-16-18-19-11(27-16)7-26-15(19)14(24)13(23)12(22)10(21)6-20/h2-5,7,10,12-15,20-24H,6H2,1H3,(H,17,18)/t10-,12-,13+,14-,15?/m1/s1. The average molecular weight is 415 g/mol. The van der Waals surface area contributed by atoms with E-state index in [9.17, 15) is 20.4 Å². The molecule has 2 aliphatic rings. The van der Waals surface area contributed by atoms with Gasteiger partial charge in [-0.15, -0.1) is 11.8 Å². The Bertz CT molecular complexity index is 717. The Kier molecular flexibility index (Phi) is 6.52. The van der Waals surface area contributed by atoms with Crippen molar-refractivity contribution in [1.29, 1.82) is 0 Å². The fraction of sp³-hybridized carbons (Fsp3) is 0.438. The summed E-state index contributed by atoms with van der Waals surface area (Å²) in [5.74, 6) is 0.728. The quantitative estimate of drug-likeness (QED) is 0.347. The van der Waals surface area contributed by atoms with Crippen molar-refractivity contribution in [3.8, 4) is 5.75 Å². The first-order valence-corrected chi connectivity index (χ1v) is 9.85. The Labute approximate surface area is 164 Å². The molecule has 148 valence electrons. The molecule has 0 amide bonds. The third-order valence-electron chi connectivity index (χ3n) is 4.09. The summed E-state index contributed by atoms with van der Waals surface area (Å²) in [5.41, 5.74) is 3.78. The van der Waals surface area contributed by atoms with Crippen LogP contribution < -0.4 is 10.2 Å². The number of nitrogens with one attached hydrogen (secondary N) is 1. The molecular weight excluding hydrogens is 394 g/mol. The number of hydrogen-bond acceptors (Lipinski definition) is 10. The molecule has 5 atom stereocenters. The number of rotatable bonds is 7. The third kappa shape index (κ3) is 4.35. The molecule has 9 nitrogen and oxygen atoms in total. The van der Waals surface area contributed by atoms with Crippen LogP contribution in [0, 0.1) is 0 Å². The summed E-state index contributed by atoms with van der Waals surface area (Å²) in [4.78, 5) is 4.49. The number of amidine groups is 1. The van der Waals surface area contributed by atoms with Crippen LogP contribution >= 0.6 is 23.5 Å². The fourth-order valence-corrected chi connectivity index (χ4v) is 4.71. The number of hydrogen-bond donors (Lipinski definition) is 6. The molecule has 1 unspecified atom stereocenters. The summed E-state index contributed by atoms with van der Waals surface area (Å²) in [7, 11) is 1.59. The molecule has 0 aromatic heterocycles. The zero-order valence-corrected chi connectivity index (χ0v) is 16.0. The Morgan fingerprint density at radius 1 is 1.19 bits per heavy atom. The second-order valence-corrected chi connectivity index (χ2v) is 7.90. The molecule has 1 saturated heterocycles. The van der Waals surface area contributed by atoms with Gasteiger partial charge in [-0.1, -0.05) is 0 Å². The molecule has 11 heteroatoms. The molecule has 1 fully saturated rings. The summed E-state index contributed by atoms with van der Waals surface area (Å²) in [6, 6.07) is 7.21. The van der Waals surface area contributed by atoms with E-state index in [2.05, 4.69) is 10.4 Å².